The van der Waals surface area contributed by atoms with Gasteiger partial charge in [-0.05, 0) is 29.8 Å². The number of benzene rings is 2. The molecule has 0 amide bonds. The molecule has 0 saturated carbocycles. The molecule has 0 spiro atoms. The third-order valence-corrected chi connectivity index (χ3v) is 4.05. The number of anilines is 2. The van der Waals surface area contributed by atoms with Gasteiger partial charge in [0.05, 0.1) is 5.69 Å². The van der Waals surface area contributed by atoms with Gasteiger partial charge in [-0.25, -0.2) is 13.6 Å². The van der Waals surface area contributed by atoms with Crippen LogP contribution in [0.15, 0.2) is 53.4 Å². The first-order chi connectivity index (χ1) is 9.43. The monoisotopic (exact) mass is 291 g/mol. The summed E-state index contributed by atoms with van der Waals surface area (Å²) in [6.07, 6.45) is 0. The predicted octanol–water partition coefficient (Wildman–Crippen LogP) is 1.56. The minimum Gasteiger partial charge on any atom is -0.344 e. The summed E-state index contributed by atoms with van der Waals surface area (Å²) >= 11 is 0. The van der Waals surface area contributed by atoms with Gasteiger partial charge in [0.1, 0.15) is 4.90 Å². The van der Waals surface area contributed by atoms with Gasteiger partial charge in [-0.15, -0.1) is 0 Å². The van der Waals surface area contributed by atoms with Crippen molar-refractivity contribution in [3.8, 4) is 0 Å². The maximum atomic E-state index is 11.6. The summed E-state index contributed by atoms with van der Waals surface area (Å²) in [5.41, 5.74) is 7.97. The number of hydrogen-bond acceptors (Lipinski definition) is 4. The van der Waals surface area contributed by atoms with E-state index >= 15 is 0 Å². The van der Waals surface area contributed by atoms with Gasteiger partial charge in [-0.2, -0.15) is 0 Å². The van der Waals surface area contributed by atoms with Crippen molar-refractivity contribution in [2.75, 3.05) is 11.9 Å². The van der Waals surface area contributed by atoms with Crippen molar-refractivity contribution in [2.24, 2.45) is 10.9 Å². The van der Waals surface area contributed by atoms with E-state index in [1.807, 2.05) is 24.3 Å². The van der Waals surface area contributed by atoms with E-state index in [1.54, 1.807) is 30.1 Å². The minimum absolute atomic E-state index is 0.102. The lowest BCUT2D eigenvalue weighted by Gasteiger charge is -2.22. The summed E-state index contributed by atoms with van der Waals surface area (Å²) in [7, 11) is -1.97. The number of nitrogens with two attached hydrogens (primary N) is 2. The summed E-state index contributed by atoms with van der Waals surface area (Å²) in [4.78, 5) is 1.88. The second-order valence-electron chi connectivity index (χ2n) is 4.44. The van der Waals surface area contributed by atoms with Crippen LogP contribution in [0.3, 0.4) is 0 Å². The smallest absolute Gasteiger partial charge is 0.240 e. The van der Waals surface area contributed by atoms with Gasteiger partial charge in [0.25, 0.3) is 0 Å². The lowest BCUT2D eigenvalue weighted by atomic mass is 10.2. The summed E-state index contributed by atoms with van der Waals surface area (Å²) in [5.74, 6) is 0. The van der Waals surface area contributed by atoms with Crippen molar-refractivity contribution < 1.29 is 8.42 Å². The molecule has 0 aromatic heterocycles. The highest BCUT2D eigenvalue weighted by atomic mass is 32.2. The van der Waals surface area contributed by atoms with Crippen LogP contribution >= 0.6 is 0 Å². The Bertz CT molecular complexity index is 697. The molecule has 2 aromatic rings. The average Bonchev–Trinajstić information content (AvgIpc) is 2.46. The number of rotatable bonds is 4. The topological polar surface area (TPSA) is 89.4 Å². The Balaban J connectivity index is 2.45. The van der Waals surface area contributed by atoms with E-state index in [0.29, 0.717) is 12.2 Å². The van der Waals surface area contributed by atoms with E-state index in [9.17, 15) is 8.42 Å². The van der Waals surface area contributed by atoms with Crippen molar-refractivity contribution in [1.82, 2.24) is 0 Å². The van der Waals surface area contributed by atoms with E-state index in [-0.39, 0.29) is 4.90 Å². The van der Waals surface area contributed by atoms with E-state index in [1.165, 1.54) is 6.07 Å². The Hall–Kier alpha value is -1.89. The molecular formula is C14H17N3O2S. The van der Waals surface area contributed by atoms with Gasteiger partial charge in [0, 0.05) is 19.3 Å². The largest absolute Gasteiger partial charge is 0.344 e. The molecule has 0 saturated heterocycles. The first kappa shape index (κ1) is 14.5. The molecule has 0 fully saturated rings. The van der Waals surface area contributed by atoms with E-state index < -0.39 is 10.0 Å². The van der Waals surface area contributed by atoms with Crippen LogP contribution in [0.25, 0.3) is 0 Å². The van der Waals surface area contributed by atoms with Crippen molar-refractivity contribution in [2.45, 2.75) is 11.4 Å². The van der Waals surface area contributed by atoms with Crippen molar-refractivity contribution in [3.05, 3.63) is 54.1 Å². The summed E-state index contributed by atoms with van der Waals surface area (Å²) in [6.45, 7) is 0.470. The molecule has 106 valence electrons. The molecular weight excluding hydrogens is 274 g/mol. The summed E-state index contributed by atoms with van der Waals surface area (Å²) in [6, 6.07) is 14.2. The van der Waals surface area contributed by atoms with Crippen molar-refractivity contribution in [1.29, 1.82) is 0 Å². The van der Waals surface area contributed by atoms with Crippen LogP contribution in [0.2, 0.25) is 0 Å². The molecule has 2 aromatic carbocycles. The van der Waals surface area contributed by atoms with Crippen LogP contribution in [0, 0.1) is 0 Å². The molecule has 20 heavy (non-hydrogen) atoms. The van der Waals surface area contributed by atoms with Crippen LogP contribution in [0.5, 0.6) is 0 Å². The van der Waals surface area contributed by atoms with Crippen LogP contribution in [0.4, 0.5) is 11.4 Å². The quantitative estimate of drug-likeness (QED) is 0.894. The number of sulfonamides is 1. The molecule has 0 radical (unpaired) electrons. The third-order valence-electron chi connectivity index (χ3n) is 3.09. The summed E-state index contributed by atoms with van der Waals surface area (Å²) < 4.78 is 23.2. The van der Waals surface area contributed by atoms with Gasteiger partial charge < -0.3 is 10.6 Å². The number of hydrogen-bond donors (Lipinski definition) is 2. The maximum Gasteiger partial charge on any atom is 0.240 e. The third kappa shape index (κ3) is 2.98. The van der Waals surface area contributed by atoms with Crippen molar-refractivity contribution >= 4 is 21.4 Å². The molecule has 0 bridgehead atoms. The molecule has 6 heteroatoms. The Morgan fingerprint density at radius 1 is 1.05 bits per heavy atom. The van der Waals surface area contributed by atoms with Gasteiger partial charge in [0.2, 0.25) is 10.0 Å². The summed E-state index contributed by atoms with van der Waals surface area (Å²) in [5, 5.41) is 5.25. The standard InChI is InChI=1S/C14H17N3O2S/c1-17(12-8-6-11(10-15)7-9-12)13-4-2-3-5-14(13)20(16,18)19/h2-9H,10,15H2,1H3,(H2,16,18,19). The molecule has 2 rings (SSSR count). The zero-order valence-corrected chi connectivity index (χ0v) is 12.0. The lowest BCUT2D eigenvalue weighted by molar-refractivity contribution is 0.598. The first-order valence-corrected chi connectivity index (χ1v) is 7.62. The van der Waals surface area contributed by atoms with Gasteiger partial charge in [-0.3, -0.25) is 0 Å². The highest BCUT2D eigenvalue weighted by Gasteiger charge is 2.16. The molecule has 0 unspecified atom stereocenters. The zero-order chi connectivity index (χ0) is 14.8. The normalized spacial score (nSPS) is 11.3. The Morgan fingerprint density at radius 3 is 2.20 bits per heavy atom. The zero-order valence-electron chi connectivity index (χ0n) is 11.2. The van der Waals surface area contributed by atoms with Gasteiger partial charge >= 0.3 is 0 Å². The highest BCUT2D eigenvalue weighted by Crippen LogP contribution is 2.29. The SMILES string of the molecule is CN(c1ccc(CN)cc1)c1ccccc1S(N)(=O)=O. The fourth-order valence-electron chi connectivity index (χ4n) is 1.97. The first-order valence-electron chi connectivity index (χ1n) is 6.08. The lowest BCUT2D eigenvalue weighted by Crippen LogP contribution is -2.18. The molecule has 0 aliphatic carbocycles. The maximum absolute atomic E-state index is 11.6. The van der Waals surface area contributed by atoms with Crippen LogP contribution in [0.1, 0.15) is 5.56 Å². The fourth-order valence-corrected chi connectivity index (χ4v) is 2.73. The van der Waals surface area contributed by atoms with E-state index in [2.05, 4.69) is 0 Å². The second kappa shape index (κ2) is 5.62. The fraction of sp³-hybridized carbons (Fsp3) is 0.143. The van der Waals surface area contributed by atoms with Crippen LogP contribution < -0.4 is 15.8 Å². The Labute approximate surface area is 118 Å². The number of para-hydroxylation sites is 1. The van der Waals surface area contributed by atoms with E-state index in [4.69, 9.17) is 10.9 Å². The van der Waals surface area contributed by atoms with Crippen LogP contribution in [-0.4, -0.2) is 15.5 Å². The van der Waals surface area contributed by atoms with Gasteiger partial charge in [0.15, 0.2) is 0 Å². The van der Waals surface area contributed by atoms with Gasteiger partial charge in [-0.1, -0.05) is 24.3 Å². The number of nitrogens with zero attached hydrogens (tertiary/aromatic N) is 1. The molecule has 4 N–H and O–H groups in total. The molecule has 0 atom stereocenters. The molecule has 0 aliphatic heterocycles. The Morgan fingerprint density at radius 2 is 1.65 bits per heavy atom. The van der Waals surface area contributed by atoms with Crippen LogP contribution in [-0.2, 0) is 16.6 Å². The number of primary sulfonamides is 1. The second-order valence-corrected chi connectivity index (χ2v) is 5.97. The highest BCUT2D eigenvalue weighted by molar-refractivity contribution is 7.89. The van der Waals surface area contributed by atoms with E-state index in [0.717, 1.165) is 11.3 Å². The predicted molar refractivity (Wildman–Crippen MR) is 80.2 cm³/mol. The van der Waals surface area contributed by atoms with Crippen molar-refractivity contribution in [3.63, 3.8) is 0 Å². The minimum atomic E-state index is -3.76. The average molecular weight is 291 g/mol. The molecule has 0 aliphatic rings. The molecule has 0 heterocycles. The Kier molecular flexibility index (Phi) is 4.08. The molecule has 5 nitrogen and oxygen atoms in total.